The molecule has 0 spiro atoms. The van der Waals surface area contributed by atoms with Crippen LogP contribution in [-0.4, -0.2) is 23.6 Å². The second-order valence-electron chi connectivity index (χ2n) is 4.48. The van der Waals surface area contributed by atoms with Gasteiger partial charge in [0.25, 0.3) is 0 Å². The molecule has 2 rings (SSSR count). The molecule has 4 heteroatoms. The van der Waals surface area contributed by atoms with Crippen LogP contribution in [-0.2, 0) is 0 Å². The van der Waals surface area contributed by atoms with Crippen LogP contribution in [0.15, 0.2) is 36.5 Å². The maximum Gasteiger partial charge on any atom is 0.131 e. The molecule has 4 nitrogen and oxygen atoms in total. The van der Waals surface area contributed by atoms with E-state index in [0.717, 1.165) is 29.3 Å². The second kappa shape index (κ2) is 6.29. The Labute approximate surface area is 113 Å². The smallest absolute Gasteiger partial charge is 0.131 e. The number of hydrogen-bond acceptors (Lipinski definition) is 4. The van der Waals surface area contributed by atoms with E-state index < -0.39 is 0 Å². The van der Waals surface area contributed by atoms with Crippen molar-refractivity contribution < 1.29 is 4.74 Å². The highest BCUT2D eigenvalue weighted by Gasteiger charge is 2.11. The van der Waals surface area contributed by atoms with E-state index in [9.17, 15) is 0 Å². The number of aromatic nitrogens is 2. The van der Waals surface area contributed by atoms with Crippen LogP contribution < -0.4 is 10.5 Å². The van der Waals surface area contributed by atoms with E-state index >= 15 is 0 Å². The van der Waals surface area contributed by atoms with Gasteiger partial charge in [0.15, 0.2) is 0 Å². The van der Waals surface area contributed by atoms with Crippen molar-refractivity contribution in [2.75, 3.05) is 13.7 Å². The van der Waals surface area contributed by atoms with Gasteiger partial charge in [-0.05, 0) is 31.2 Å². The van der Waals surface area contributed by atoms with Crippen LogP contribution in [0.3, 0.4) is 0 Å². The molecular weight excluding hydrogens is 238 g/mol. The zero-order valence-corrected chi connectivity index (χ0v) is 11.3. The van der Waals surface area contributed by atoms with Crippen LogP contribution in [0.5, 0.6) is 5.75 Å². The summed E-state index contributed by atoms with van der Waals surface area (Å²) in [4.78, 5) is 8.95. The van der Waals surface area contributed by atoms with Crippen LogP contribution >= 0.6 is 0 Å². The number of nitrogens with zero attached hydrogens (tertiary/aromatic N) is 2. The first-order valence-electron chi connectivity index (χ1n) is 6.42. The summed E-state index contributed by atoms with van der Waals surface area (Å²) in [6.45, 7) is 2.73. The molecule has 0 aliphatic carbocycles. The molecule has 1 heterocycles. The minimum absolute atomic E-state index is 0.264. The largest absolute Gasteiger partial charge is 0.496 e. The predicted octanol–water partition coefficient (Wildman–Crippen LogP) is 2.60. The molecule has 1 atom stereocenters. The van der Waals surface area contributed by atoms with E-state index in [4.69, 9.17) is 10.5 Å². The van der Waals surface area contributed by atoms with Crippen molar-refractivity contribution in [1.82, 2.24) is 9.97 Å². The van der Waals surface area contributed by atoms with Crippen molar-refractivity contribution in [3.8, 4) is 17.0 Å². The minimum Gasteiger partial charge on any atom is -0.496 e. The van der Waals surface area contributed by atoms with Crippen LogP contribution in [0.2, 0.25) is 0 Å². The summed E-state index contributed by atoms with van der Waals surface area (Å²) >= 11 is 0. The van der Waals surface area contributed by atoms with Gasteiger partial charge in [-0.15, -0.1) is 0 Å². The summed E-state index contributed by atoms with van der Waals surface area (Å²) in [6.07, 6.45) is 2.67. The predicted molar refractivity (Wildman–Crippen MR) is 76.1 cm³/mol. The Morgan fingerprint density at radius 2 is 2.05 bits per heavy atom. The Morgan fingerprint density at radius 1 is 1.26 bits per heavy atom. The summed E-state index contributed by atoms with van der Waals surface area (Å²) in [5.41, 5.74) is 7.45. The highest BCUT2D eigenvalue weighted by molar-refractivity contribution is 5.66. The highest BCUT2D eigenvalue weighted by atomic mass is 16.5. The van der Waals surface area contributed by atoms with Crippen molar-refractivity contribution >= 4 is 0 Å². The summed E-state index contributed by atoms with van der Waals surface area (Å²) < 4.78 is 5.37. The minimum atomic E-state index is 0.264. The lowest BCUT2D eigenvalue weighted by molar-refractivity contribution is 0.416. The Bertz CT molecular complexity index is 542. The van der Waals surface area contributed by atoms with E-state index in [1.54, 1.807) is 13.3 Å². The van der Waals surface area contributed by atoms with E-state index in [-0.39, 0.29) is 5.92 Å². The molecule has 2 N–H and O–H groups in total. The fourth-order valence-electron chi connectivity index (χ4n) is 2.00. The third kappa shape index (κ3) is 3.09. The quantitative estimate of drug-likeness (QED) is 0.894. The Morgan fingerprint density at radius 3 is 2.79 bits per heavy atom. The number of ether oxygens (including phenoxy) is 1. The maximum atomic E-state index is 5.59. The first-order valence-corrected chi connectivity index (χ1v) is 6.42. The van der Waals surface area contributed by atoms with Gasteiger partial charge < -0.3 is 10.5 Å². The lowest BCUT2D eigenvalue weighted by Crippen LogP contribution is -2.08. The first kappa shape index (κ1) is 13.5. The molecule has 0 aliphatic heterocycles. The van der Waals surface area contributed by atoms with Gasteiger partial charge in [0.1, 0.15) is 11.6 Å². The number of rotatable bonds is 5. The molecule has 0 saturated heterocycles. The molecule has 0 radical (unpaired) electrons. The zero-order valence-electron chi connectivity index (χ0n) is 11.3. The zero-order chi connectivity index (χ0) is 13.7. The Hall–Kier alpha value is -1.94. The molecule has 0 fully saturated rings. The Balaban J connectivity index is 2.37. The van der Waals surface area contributed by atoms with Gasteiger partial charge in [0.2, 0.25) is 0 Å². The van der Waals surface area contributed by atoms with Gasteiger partial charge in [-0.1, -0.05) is 19.1 Å². The van der Waals surface area contributed by atoms with Gasteiger partial charge >= 0.3 is 0 Å². The van der Waals surface area contributed by atoms with E-state index in [0.29, 0.717) is 6.54 Å². The van der Waals surface area contributed by atoms with E-state index in [2.05, 4.69) is 16.9 Å². The summed E-state index contributed by atoms with van der Waals surface area (Å²) in [7, 11) is 1.66. The molecule has 0 bridgehead atoms. The summed E-state index contributed by atoms with van der Waals surface area (Å²) in [6, 6.07) is 9.75. The fourth-order valence-corrected chi connectivity index (χ4v) is 2.00. The molecule has 1 aromatic heterocycles. The van der Waals surface area contributed by atoms with Gasteiger partial charge in [-0.2, -0.15) is 0 Å². The van der Waals surface area contributed by atoms with Crippen LogP contribution in [0.25, 0.3) is 11.3 Å². The molecule has 19 heavy (non-hydrogen) atoms. The molecule has 1 aromatic carbocycles. The Kier molecular flexibility index (Phi) is 4.47. The molecule has 0 amide bonds. The molecule has 2 aromatic rings. The van der Waals surface area contributed by atoms with Gasteiger partial charge in [-0.3, -0.25) is 0 Å². The van der Waals surface area contributed by atoms with Crippen LogP contribution in [0.4, 0.5) is 0 Å². The second-order valence-corrected chi connectivity index (χ2v) is 4.48. The lowest BCUT2D eigenvalue weighted by atomic mass is 10.1. The topological polar surface area (TPSA) is 61.0 Å². The molecular formula is C15H19N3O. The average molecular weight is 257 g/mol. The monoisotopic (exact) mass is 257 g/mol. The molecule has 100 valence electrons. The maximum absolute atomic E-state index is 5.59. The van der Waals surface area contributed by atoms with Crippen molar-refractivity contribution in [3.05, 3.63) is 42.4 Å². The van der Waals surface area contributed by atoms with Gasteiger partial charge in [-0.25, -0.2) is 9.97 Å². The van der Waals surface area contributed by atoms with Crippen LogP contribution in [0, 0.1) is 0 Å². The highest BCUT2D eigenvalue weighted by Crippen LogP contribution is 2.28. The van der Waals surface area contributed by atoms with E-state index in [1.807, 2.05) is 30.3 Å². The molecule has 1 unspecified atom stereocenters. The first-order chi connectivity index (χ1) is 9.26. The van der Waals surface area contributed by atoms with E-state index in [1.165, 1.54) is 0 Å². The van der Waals surface area contributed by atoms with Crippen molar-refractivity contribution in [2.24, 2.45) is 5.73 Å². The SMILES string of the molecule is COc1ccccc1-c1ccnc(C(C)CCN)n1. The summed E-state index contributed by atoms with van der Waals surface area (Å²) in [5.74, 6) is 1.91. The fraction of sp³-hybridized carbons (Fsp3) is 0.333. The lowest BCUT2D eigenvalue weighted by Gasteiger charge is -2.11. The number of nitrogens with two attached hydrogens (primary N) is 1. The summed E-state index contributed by atoms with van der Waals surface area (Å²) in [5, 5.41) is 0. The normalized spacial score (nSPS) is 12.2. The number of hydrogen-bond donors (Lipinski definition) is 1. The van der Waals surface area contributed by atoms with Crippen molar-refractivity contribution in [1.29, 1.82) is 0 Å². The molecule has 0 saturated carbocycles. The number of benzene rings is 1. The number of para-hydroxylation sites is 1. The molecule has 0 aliphatic rings. The third-order valence-electron chi connectivity index (χ3n) is 3.10. The standard InChI is InChI=1S/C15H19N3O/c1-11(7-9-16)15-17-10-8-13(18-15)12-5-3-4-6-14(12)19-2/h3-6,8,10-11H,7,9,16H2,1-2H3. The van der Waals surface area contributed by atoms with Crippen LogP contribution in [0.1, 0.15) is 25.1 Å². The van der Waals surface area contributed by atoms with Gasteiger partial charge in [0, 0.05) is 17.7 Å². The number of methoxy groups -OCH3 is 1. The van der Waals surface area contributed by atoms with Gasteiger partial charge in [0.05, 0.1) is 12.8 Å². The van der Waals surface area contributed by atoms with Crippen molar-refractivity contribution in [3.63, 3.8) is 0 Å². The average Bonchev–Trinajstić information content (AvgIpc) is 2.47. The third-order valence-corrected chi connectivity index (χ3v) is 3.10. The van der Waals surface area contributed by atoms with Crippen molar-refractivity contribution in [2.45, 2.75) is 19.3 Å².